The molecule has 4 nitrogen and oxygen atoms in total. The standard InChI is InChI=1S/C12H12N4/c13-11-4-1-3-9-7-16(8-10(9)11)12-14-5-2-6-15-12/h1-6H,7-8,13H2. The quantitative estimate of drug-likeness (QED) is 0.729. The number of benzene rings is 1. The van der Waals surface area contributed by atoms with E-state index in [1.54, 1.807) is 12.4 Å². The summed E-state index contributed by atoms with van der Waals surface area (Å²) in [5.41, 5.74) is 9.28. The maximum absolute atomic E-state index is 5.94. The zero-order chi connectivity index (χ0) is 11.0. The van der Waals surface area contributed by atoms with E-state index >= 15 is 0 Å². The molecule has 0 saturated carbocycles. The minimum Gasteiger partial charge on any atom is -0.398 e. The third-order valence-electron chi connectivity index (χ3n) is 2.85. The van der Waals surface area contributed by atoms with Crippen LogP contribution in [0.15, 0.2) is 36.7 Å². The summed E-state index contributed by atoms with van der Waals surface area (Å²) in [5, 5.41) is 0. The highest BCUT2D eigenvalue weighted by molar-refractivity contribution is 5.56. The van der Waals surface area contributed by atoms with Crippen LogP contribution in [0.1, 0.15) is 11.1 Å². The van der Waals surface area contributed by atoms with Crippen LogP contribution in [0.3, 0.4) is 0 Å². The molecule has 0 amide bonds. The molecule has 2 aromatic rings. The fraction of sp³-hybridized carbons (Fsp3) is 0.167. The Morgan fingerprint density at radius 3 is 2.62 bits per heavy atom. The zero-order valence-electron chi connectivity index (χ0n) is 8.80. The Kier molecular flexibility index (Phi) is 1.99. The van der Waals surface area contributed by atoms with Gasteiger partial charge in [0.15, 0.2) is 0 Å². The number of rotatable bonds is 1. The van der Waals surface area contributed by atoms with Crippen LogP contribution in [-0.4, -0.2) is 9.97 Å². The SMILES string of the molecule is Nc1cccc2c1CN(c1ncccn1)C2. The Morgan fingerprint density at radius 1 is 1.06 bits per heavy atom. The van der Waals surface area contributed by atoms with Crippen LogP contribution in [0.4, 0.5) is 11.6 Å². The van der Waals surface area contributed by atoms with Crippen LogP contribution in [-0.2, 0) is 13.1 Å². The lowest BCUT2D eigenvalue weighted by atomic mass is 10.1. The molecule has 1 aromatic carbocycles. The molecule has 0 fully saturated rings. The molecule has 3 rings (SSSR count). The Balaban J connectivity index is 1.94. The predicted octanol–water partition coefficient (Wildman–Crippen LogP) is 1.58. The maximum Gasteiger partial charge on any atom is 0.225 e. The van der Waals surface area contributed by atoms with E-state index in [1.807, 2.05) is 18.2 Å². The van der Waals surface area contributed by atoms with Crippen LogP contribution < -0.4 is 10.6 Å². The third-order valence-corrected chi connectivity index (χ3v) is 2.85. The Bertz CT molecular complexity index is 510. The van der Waals surface area contributed by atoms with Crippen molar-refractivity contribution in [3.63, 3.8) is 0 Å². The summed E-state index contributed by atoms with van der Waals surface area (Å²) >= 11 is 0. The first kappa shape index (κ1) is 9.15. The molecule has 4 heteroatoms. The van der Waals surface area contributed by atoms with Gasteiger partial charge in [0.25, 0.3) is 0 Å². The summed E-state index contributed by atoms with van der Waals surface area (Å²) in [4.78, 5) is 10.6. The monoisotopic (exact) mass is 212 g/mol. The van der Waals surface area contributed by atoms with Crippen LogP contribution in [0.5, 0.6) is 0 Å². The second-order valence-electron chi connectivity index (χ2n) is 3.89. The molecule has 2 heterocycles. The van der Waals surface area contributed by atoms with Gasteiger partial charge in [-0.1, -0.05) is 12.1 Å². The average molecular weight is 212 g/mol. The molecular formula is C12H12N4. The van der Waals surface area contributed by atoms with Crippen molar-refractivity contribution in [2.24, 2.45) is 0 Å². The normalized spacial score (nSPS) is 13.9. The molecule has 16 heavy (non-hydrogen) atoms. The van der Waals surface area contributed by atoms with Crippen molar-refractivity contribution in [1.82, 2.24) is 9.97 Å². The van der Waals surface area contributed by atoms with E-state index in [0.29, 0.717) is 0 Å². The Morgan fingerprint density at radius 2 is 1.88 bits per heavy atom. The smallest absolute Gasteiger partial charge is 0.225 e. The first-order valence-corrected chi connectivity index (χ1v) is 5.23. The highest BCUT2D eigenvalue weighted by atomic mass is 15.3. The van der Waals surface area contributed by atoms with Gasteiger partial charge < -0.3 is 10.6 Å². The number of hydrogen-bond acceptors (Lipinski definition) is 4. The lowest BCUT2D eigenvalue weighted by Gasteiger charge is -2.14. The van der Waals surface area contributed by atoms with Crippen LogP contribution >= 0.6 is 0 Å². The molecule has 0 bridgehead atoms. The van der Waals surface area contributed by atoms with Crippen molar-refractivity contribution < 1.29 is 0 Å². The number of anilines is 2. The Hall–Kier alpha value is -2.10. The van der Waals surface area contributed by atoms with E-state index < -0.39 is 0 Å². The molecule has 0 aliphatic carbocycles. The minimum atomic E-state index is 0.762. The summed E-state index contributed by atoms with van der Waals surface area (Å²) < 4.78 is 0. The van der Waals surface area contributed by atoms with E-state index in [-0.39, 0.29) is 0 Å². The van der Waals surface area contributed by atoms with E-state index in [1.165, 1.54) is 11.1 Å². The van der Waals surface area contributed by atoms with E-state index in [2.05, 4.69) is 20.9 Å². The molecular weight excluding hydrogens is 200 g/mol. The summed E-state index contributed by atoms with van der Waals surface area (Å²) in [6.07, 6.45) is 3.52. The molecule has 0 unspecified atom stereocenters. The van der Waals surface area contributed by atoms with E-state index in [9.17, 15) is 0 Å². The van der Waals surface area contributed by atoms with Crippen LogP contribution in [0.25, 0.3) is 0 Å². The topological polar surface area (TPSA) is 55.0 Å². The maximum atomic E-state index is 5.94. The van der Waals surface area contributed by atoms with Crippen LogP contribution in [0.2, 0.25) is 0 Å². The summed E-state index contributed by atoms with van der Waals surface area (Å²) in [7, 11) is 0. The van der Waals surface area contributed by atoms with Gasteiger partial charge in [-0.2, -0.15) is 0 Å². The molecule has 1 aliphatic rings. The van der Waals surface area contributed by atoms with Crippen molar-refractivity contribution in [3.8, 4) is 0 Å². The van der Waals surface area contributed by atoms with Gasteiger partial charge in [0.05, 0.1) is 0 Å². The third kappa shape index (κ3) is 1.39. The van der Waals surface area contributed by atoms with Gasteiger partial charge in [-0.25, -0.2) is 9.97 Å². The van der Waals surface area contributed by atoms with Crippen molar-refractivity contribution in [2.45, 2.75) is 13.1 Å². The second-order valence-corrected chi connectivity index (χ2v) is 3.89. The molecule has 2 N–H and O–H groups in total. The number of aromatic nitrogens is 2. The number of nitrogen functional groups attached to an aromatic ring is 1. The van der Waals surface area contributed by atoms with Crippen molar-refractivity contribution in [3.05, 3.63) is 47.8 Å². The highest BCUT2D eigenvalue weighted by Crippen LogP contribution is 2.29. The molecule has 1 aliphatic heterocycles. The van der Waals surface area contributed by atoms with Crippen molar-refractivity contribution in [2.75, 3.05) is 10.6 Å². The minimum absolute atomic E-state index is 0.762. The highest BCUT2D eigenvalue weighted by Gasteiger charge is 2.22. The van der Waals surface area contributed by atoms with Gasteiger partial charge in [-0.15, -0.1) is 0 Å². The largest absolute Gasteiger partial charge is 0.398 e. The van der Waals surface area contributed by atoms with Gasteiger partial charge in [0.1, 0.15) is 0 Å². The summed E-state index contributed by atoms with van der Waals surface area (Å²) in [6.45, 7) is 1.64. The zero-order valence-corrected chi connectivity index (χ0v) is 8.80. The van der Waals surface area contributed by atoms with Crippen molar-refractivity contribution in [1.29, 1.82) is 0 Å². The molecule has 0 spiro atoms. The van der Waals surface area contributed by atoms with Crippen molar-refractivity contribution >= 4 is 11.6 Å². The molecule has 1 aromatic heterocycles. The Labute approximate surface area is 93.8 Å². The number of nitrogens with two attached hydrogens (primary N) is 1. The van der Waals surface area contributed by atoms with E-state index in [4.69, 9.17) is 5.73 Å². The first-order valence-electron chi connectivity index (χ1n) is 5.23. The van der Waals surface area contributed by atoms with Gasteiger partial charge in [-0.05, 0) is 23.3 Å². The van der Waals surface area contributed by atoms with Gasteiger partial charge in [-0.3, -0.25) is 0 Å². The molecule has 0 atom stereocenters. The van der Waals surface area contributed by atoms with Crippen LogP contribution in [0, 0.1) is 0 Å². The lowest BCUT2D eigenvalue weighted by molar-refractivity contribution is 0.828. The average Bonchev–Trinajstić information content (AvgIpc) is 2.76. The van der Waals surface area contributed by atoms with Gasteiger partial charge >= 0.3 is 0 Å². The summed E-state index contributed by atoms with van der Waals surface area (Å²) in [6, 6.07) is 7.85. The fourth-order valence-electron chi connectivity index (χ4n) is 2.04. The number of hydrogen-bond donors (Lipinski definition) is 1. The number of fused-ring (bicyclic) bond motifs is 1. The molecule has 80 valence electrons. The number of nitrogens with zero attached hydrogens (tertiary/aromatic N) is 3. The summed E-state index contributed by atoms with van der Waals surface area (Å²) in [5.74, 6) is 0.762. The van der Waals surface area contributed by atoms with E-state index in [0.717, 1.165) is 24.7 Å². The fourth-order valence-corrected chi connectivity index (χ4v) is 2.04. The second kappa shape index (κ2) is 3.48. The predicted molar refractivity (Wildman–Crippen MR) is 62.8 cm³/mol. The molecule has 0 saturated heterocycles. The van der Waals surface area contributed by atoms with Gasteiger partial charge in [0.2, 0.25) is 5.95 Å². The first-order chi connectivity index (χ1) is 7.84. The molecule has 0 radical (unpaired) electrons. The van der Waals surface area contributed by atoms with Gasteiger partial charge in [0, 0.05) is 31.2 Å². The lowest BCUT2D eigenvalue weighted by Crippen LogP contribution is -2.17.